The third-order valence-electron chi connectivity index (χ3n) is 5.08. The Morgan fingerprint density at radius 1 is 1.25 bits per heavy atom. The molecule has 7 heteroatoms. The third-order valence-corrected chi connectivity index (χ3v) is 5.97. The molecule has 0 spiro atoms. The van der Waals surface area contributed by atoms with Gasteiger partial charge in [-0.25, -0.2) is 9.78 Å². The van der Waals surface area contributed by atoms with Gasteiger partial charge in [0.2, 0.25) is 5.91 Å². The van der Waals surface area contributed by atoms with E-state index < -0.39 is 12.0 Å². The fourth-order valence-corrected chi connectivity index (χ4v) is 3.95. The largest absolute Gasteiger partial charge is 0.480 e. The summed E-state index contributed by atoms with van der Waals surface area (Å²) < 4.78 is 1.91. The molecule has 1 amide bonds. The van der Waals surface area contributed by atoms with Gasteiger partial charge in [0.25, 0.3) is 0 Å². The molecule has 2 atom stereocenters. The summed E-state index contributed by atoms with van der Waals surface area (Å²) in [6.07, 6.45) is 3.72. The van der Waals surface area contributed by atoms with Crippen LogP contribution in [0.25, 0.3) is 16.2 Å². The van der Waals surface area contributed by atoms with Gasteiger partial charge in [0, 0.05) is 22.8 Å². The monoisotopic (exact) mass is 399 g/mol. The van der Waals surface area contributed by atoms with E-state index in [0.717, 1.165) is 28.3 Å². The van der Waals surface area contributed by atoms with Crippen LogP contribution in [-0.2, 0) is 22.4 Å². The Kier molecular flexibility index (Phi) is 6.14. The predicted octanol–water partition coefficient (Wildman–Crippen LogP) is 3.78. The van der Waals surface area contributed by atoms with E-state index in [4.69, 9.17) is 0 Å². The number of fused-ring (bicyclic) bond motifs is 1. The number of carboxylic acid groups (broad SMARTS) is 1. The zero-order valence-corrected chi connectivity index (χ0v) is 17.1. The first-order valence-electron chi connectivity index (χ1n) is 9.49. The molecule has 2 N–H and O–H groups in total. The Hall–Kier alpha value is -2.67. The van der Waals surface area contributed by atoms with E-state index in [1.54, 1.807) is 0 Å². The maximum absolute atomic E-state index is 12.4. The van der Waals surface area contributed by atoms with Crippen LogP contribution in [0.3, 0.4) is 0 Å². The quantitative estimate of drug-likeness (QED) is 0.604. The van der Waals surface area contributed by atoms with Gasteiger partial charge in [-0.3, -0.25) is 9.20 Å². The highest BCUT2D eigenvalue weighted by Gasteiger charge is 2.25. The van der Waals surface area contributed by atoms with E-state index in [1.807, 2.05) is 29.8 Å². The molecule has 3 rings (SSSR count). The maximum Gasteiger partial charge on any atom is 0.326 e. The lowest BCUT2D eigenvalue weighted by atomic mass is 9.99. The standard InChI is InChI=1S/C21H25N3O3S/c1-4-13(3)19(20(26)27)23-18(25)10-16-12-28-21-22-17(11-24(16)21)15-8-6-14(5-2)7-9-15/h6-9,11-13,19H,4-5,10H2,1-3H3,(H,23,25)(H,26,27). The molecule has 0 radical (unpaired) electrons. The van der Waals surface area contributed by atoms with Gasteiger partial charge in [0.1, 0.15) is 6.04 Å². The van der Waals surface area contributed by atoms with E-state index in [1.165, 1.54) is 16.9 Å². The van der Waals surface area contributed by atoms with Crippen molar-refractivity contribution >= 4 is 28.2 Å². The minimum absolute atomic E-state index is 0.116. The number of thiazole rings is 1. The highest BCUT2D eigenvalue weighted by atomic mass is 32.1. The number of benzene rings is 1. The van der Waals surface area contributed by atoms with E-state index in [2.05, 4.69) is 41.5 Å². The summed E-state index contributed by atoms with van der Waals surface area (Å²) in [5, 5.41) is 13.9. The molecular weight excluding hydrogens is 374 g/mol. The van der Waals surface area contributed by atoms with Gasteiger partial charge in [-0.15, -0.1) is 11.3 Å². The summed E-state index contributed by atoms with van der Waals surface area (Å²) in [5.74, 6) is -1.43. The van der Waals surface area contributed by atoms with Gasteiger partial charge in [0.15, 0.2) is 4.96 Å². The Balaban J connectivity index is 1.77. The SMILES string of the molecule is CCc1ccc(-c2cn3c(CC(=O)NC(C(=O)O)C(C)CC)csc3n2)cc1. The molecule has 28 heavy (non-hydrogen) atoms. The molecule has 1 aromatic carbocycles. The zero-order valence-electron chi connectivity index (χ0n) is 16.3. The van der Waals surface area contributed by atoms with Crippen molar-refractivity contribution in [3.05, 3.63) is 47.1 Å². The highest BCUT2D eigenvalue weighted by molar-refractivity contribution is 7.15. The Bertz CT molecular complexity index is 975. The number of nitrogens with one attached hydrogen (secondary N) is 1. The minimum atomic E-state index is -1.00. The van der Waals surface area contributed by atoms with Crippen LogP contribution in [0, 0.1) is 5.92 Å². The first kappa shape index (κ1) is 20.1. The Labute approximate surface area is 168 Å². The Morgan fingerprint density at radius 3 is 2.57 bits per heavy atom. The molecule has 0 saturated carbocycles. The third kappa shape index (κ3) is 4.25. The molecule has 0 bridgehead atoms. The fraction of sp³-hybridized carbons (Fsp3) is 0.381. The zero-order chi connectivity index (χ0) is 20.3. The lowest BCUT2D eigenvalue weighted by Gasteiger charge is -2.20. The van der Waals surface area contributed by atoms with E-state index >= 15 is 0 Å². The first-order chi connectivity index (χ1) is 13.4. The number of imidazole rings is 1. The second-order valence-corrected chi connectivity index (χ2v) is 7.84. The number of aliphatic carboxylic acids is 1. The number of aryl methyl sites for hydroxylation is 1. The molecule has 0 aliphatic carbocycles. The van der Waals surface area contributed by atoms with Crippen molar-refractivity contribution in [2.24, 2.45) is 5.92 Å². The number of carbonyl (C=O) groups excluding carboxylic acids is 1. The van der Waals surface area contributed by atoms with Gasteiger partial charge < -0.3 is 10.4 Å². The van der Waals surface area contributed by atoms with Crippen LogP contribution in [-0.4, -0.2) is 32.4 Å². The molecule has 3 aromatic rings. The Morgan fingerprint density at radius 2 is 1.96 bits per heavy atom. The lowest BCUT2D eigenvalue weighted by Crippen LogP contribution is -2.45. The van der Waals surface area contributed by atoms with Crippen LogP contribution >= 0.6 is 11.3 Å². The van der Waals surface area contributed by atoms with Crippen LogP contribution in [0.1, 0.15) is 38.4 Å². The van der Waals surface area contributed by atoms with Gasteiger partial charge in [0.05, 0.1) is 12.1 Å². The van der Waals surface area contributed by atoms with Gasteiger partial charge >= 0.3 is 5.97 Å². The molecule has 2 unspecified atom stereocenters. The number of aromatic nitrogens is 2. The number of carboxylic acids is 1. The number of carbonyl (C=O) groups is 2. The summed E-state index contributed by atoms with van der Waals surface area (Å²) >= 11 is 1.47. The fourth-order valence-electron chi connectivity index (χ4n) is 3.08. The smallest absolute Gasteiger partial charge is 0.326 e. The molecular formula is C21H25N3O3S. The van der Waals surface area contributed by atoms with Crippen LogP contribution in [0.15, 0.2) is 35.8 Å². The molecule has 0 aliphatic rings. The molecule has 0 aliphatic heterocycles. The van der Waals surface area contributed by atoms with Crippen LogP contribution in [0.2, 0.25) is 0 Å². The lowest BCUT2D eigenvalue weighted by molar-refractivity contribution is -0.143. The average molecular weight is 400 g/mol. The van der Waals surface area contributed by atoms with Crippen LogP contribution in [0.5, 0.6) is 0 Å². The van der Waals surface area contributed by atoms with Crippen molar-refractivity contribution in [2.45, 2.75) is 46.1 Å². The summed E-state index contributed by atoms with van der Waals surface area (Å²) in [7, 11) is 0. The maximum atomic E-state index is 12.4. The van der Waals surface area contributed by atoms with E-state index in [9.17, 15) is 14.7 Å². The summed E-state index contributed by atoms with van der Waals surface area (Å²) in [5.41, 5.74) is 3.97. The number of hydrogen-bond donors (Lipinski definition) is 2. The number of rotatable bonds is 8. The van der Waals surface area contributed by atoms with E-state index in [-0.39, 0.29) is 18.2 Å². The predicted molar refractivity (Wildman–Crippen MR) is 111 cm³/mol. The van der Waals surface area contributed by atoms with Crippen molar-refractivity contribution in [1.82, 2.24) is 14.7 Å². The molecule has 6 nitrogen and oxygen atoms in total. The molecule has 0 fully saturated rings. The van der Waals surface area contributed by atoms with Crippen molar-refractivity contribution < 1.29 is 14.7 Å². The average Bonchev–Trinajstić information content (AvgIpc) is 3.27. The van der Waals surface area contributed by atoms with Crippen LogP contribution < -0.4 is 5.32 Å². The van der Waals surface area contributed by atoms with Crippen molar-refractivity contribution in [2.75, 3.05) is 0 Å². The summed E-state index contributed by atoms with van der Waals surface area (Å²) in [4.78, 5) is 29.3. The second kappa shape index (κ2) is 8.56. The first-order valence-corrected chi connectivity index (χ1v) is 10.4. The second-order valence-electron chi connectivity index (χ2n) is 7.00. The van der Waals surface area contributed by atoms with Crippen molar-refractivity contribution in [1.29, 1.82) is 0 Å². The minimum Gasteiger partial charge on any atom is -0.480 e. The molecule has 2 heterocycles. The number of hydrogen-bond acceptors (Lipinski definition) is 4. The van der Waals surface area contributed by atoms with Gasteiger partial charge in [-0.2, -0.15) is 0 Å². The van der Waals surface area contributed by atoms with Gasteiger partial charge in [-0.1, -0.05) is 51.5 Å². The van der Waals surface area contributed by atoms with E-state index in [0.29, 0.717) is 6.42 Å². The van der Waals surface area contributed by atoms with Gasteiger partial charge in [-0.05, 0) is 17.9 Å². The normalized spacial score (nSPS) is 13.4. The molecule has 148 valence electrons. The molecule has 2 aromatic heterocycles. The van der Waals surface area contributed by atoms with Crippen molar-refractivity contribution in [3.63, 3.8) is 0 Å². The van der Waals surface area contributed by atoms with Crippen molar-refractivity contribution in [3.8, 4) is 11.3 Å². The number of amides is 1. The van der Waals surface area contributed by atoms with Crippen LogP contribution in [0.4, 0.5) is 0 Å². The summed E-state index contributed by atoms with van der Waals surface area (Å²) in [6, 6.07) is 7.43. The summed E-state index contributed by atoms with van der Waals surface area (Å²) in [6.45, 7) is 5.86. The number of nitrogens with zero attached hydrogens (tertiary/aromatic N) is 2. The topological polar surface area (TPSA) is 83.7 Å². The molecule has 0 saturated heterocycles. The highest BCUT2D eigenvalue weighted by Crippen LogP contribution is 2.24.